The number of hydrogen-bond donors (Lipinski definition) is 2. The molecule has 4 nitrogen and oxygen atoms in total. The number of hydrogen-bond acceptors (Lipinski definition) is 4. The first-order valence-corrected chi connectivity index (χ1v) is 8.54. The maximum atomic E-state index is 9.87. The summed E-state index contributed by atoms with van der Waals surface area (Å²) in [5, 5.41) is 9.87. The van der Waals surface area contributed by atoms with Crippen molar-refractivity contribution in [3.8, 4) is 0 Å². The number of ether oxygens (including phenoxy) is 1. The van der Waals surface area contributed by atoms with E-state index in [0.717, 1.165) is 43.0 Å². The van der Waals surface area contributed by atoms with Crippen LogP contribution in [0.2, 0.25) is 0 Å². The molecule has 0 saturated heterocycles. The van der Waals surface area contributed by atoms with Crippen LogP contribution < -0.4 is 5.73 Å². The Kier molecular flexibility index (Phi) is 6.71. The molecule has 2 aliphatic rings. The zero-order valence-electron chi connectivity index (χ0n) is 13.3. The molecule has 0 amide bonds. The van der Waals surface area contributed by atoms with Gasteiger partial charge < -0.3 is 15.6 Å². The molecule has 0 aromatic carbocycles. The summed E-state index contributed by atoms with van der Waals surface area (Å²) in [6, 6.07) is 0. The van der Waals surface area contributed by atoms with E-state index >= 15 is 0 Å². The van der Waals surface area contributed by atoms with Gasteiger partial charge in [0.2, 0.25) is 0 Å². The van der Waals surface area contributed by atoms with Crippen LogP contribution in [0.4, 0.5) is 0 Å². The van der Waals surface area contributed by atoms with Gasteiger partial charge in [-0.2, -0.15) is 0 Å². The Hall–Kier alpha value is -0.870. The van der Waals surface area contributed by atoms with Gasteiger partial charge >= 0.3 is 0 Å². The van der Waals surface area contributed by atoms with Crippen molar-refractivity contribution in [3.05, 3.63) is 11.3 Å². The van der Waals surface area contributed by atoms with Gasteiger partial charge in [0.25, 0.3) is 0 Å². The van der Waals surface area contributed by atoms with E-state index in [2.05, 4.69) is 0 Å². The fraction of sp³-hybridized carbons (Fsp3) is 0.824. The van der Waals surface area contributed by atoms with Crippen LogP contribution in [-0.4, -0.2) is 30.3 Å². The van der Waals surface area contributed by atoms with Crippen LogP contribution >= 0.6 is 0 Å². The van der Waals surface area contributed by atoms with E-state index in [0.29, 0.717) is 12.3 Å². The minimum atomic E-state index is -0.980. The Balaban J connectivity index is 1.90. The predicted octanol–water partition coefficient (Wildman–Crippen LogP) is 3.15. The van der Waals surface area contributed by atoms with E-state index in [9.17, 15) is 5.11 Å². The number of nitrogens with zero attached hydrogens (tertiary/aromatic N) is 1. The lowest BCUT2D eigenvalue weighted by Gasteiger charge is -2.20. The van der Waals surface area contributed by atoms with Gasteiger partial charge in [0.15, 0.2) is 6.29 Å². The summed E-state index contributed by atoms with van der Waals surface area (Å²) in [5.41, 5.74) is 8.63. The van der Waals surface area contributed by atoms with Gasteiger partial charge in [-0.15, -0.1) is 0 Å². The van der Waals surface area contributed by atoms with Crippen molar-refractivity contribution in [2.45, 2.75) is 71.0 Å². The van der Waals surface area contributed by atoms with Crippen LogP contribution in [0.5, 0.6) is 0 Å². The molecule has 4 heteroatoms. The number of aliphatic hydroxyl groups is 1. The summed E-state index contributed by atoms with van der Waals surface area (Å²) in [7, 11) is 0. The van der Waals surface area contributed by atoms with Crippen molar-refractivity contribution in [2.24, 2.45) is 16.6 Å². The van der Waals surface area contributed by atoms with Crippen LogP contribution in [-0.2, 0) is 4.74 Å². The molecular weight excluding hydrogens is 264 g/mol. The molecule has 2 rings (SSSR count). The fourth-order valence-electron chi connectivity index (χ4n) is 3.47. The van der Waals surface area contributed by atoms with Gasteiger partial charge in [0.05, 0.1) is 5.70 Å². The lowest BCUT2D eigenvalue weighted by atomic mass is 9.87. The number of nitrogens with two attached hydrogens (primary N) is 1. The molecule has 0 bridgehead atoms. The molecule has 0 aromatic rings. The van der Waals surface area contributed by atoms with Crippen LogP contribution in [0.15, 0.2) is 16.3 Å². The molecule has 0 heterocycles. The van der Waals surface area contributed by atoms with E-state index in [-0.39, 0.29) is 0 Å². The highest BCUT2D eigenvalue weighted by Crippen LogP contribution is 2.28. The number of aliphatic hydroxyl groups excluding tert-OH is 1. The molecule has 0 radical (unpaired) electrons. The third kappa shape index (κ3) is 4.82. The smallest absolute Gasteiger partial charge is 0.196 e. The average molecular weight is 294 g/mol. The maximum absolute atomic E-state index is 9.87. The highest BCUT2D eigenvalue weighted by atomic mass is 16.6. The van der Waals surface area contributed by atoms with Crippen molar-refractivity contribution >= 4 is 5.71 Å². The van der Waals surface area contributed by atoms with Crippen LogP contribution in [0.25, 0.3) is 0 Å². The van der Waals surface area contributed by atoms with E-state index in [4.69, 9.17) is 15.5 Å². The van der Waals surface area contributed by atoms with E-state index in [1.165, 1.54) is 38.5 Å². The summed E-state index contributed by atoms with van der Waals surface area (Å²) >= 11 is 0. The molecule has 2 aliphatic carbocycles. The standard InChI is InChI=1S/C17H30N2O2/c1-2-21-17(20)16(18)14-9-6-10-15(14)19-12-11-13-7-4-3-5-8-13/h13,17,20H,2-12,18H2,1H3/b16-14-,19-15?. The first-order valence-electron chi connectivity index (χ1n) is 8.54. The zero-order chi connectivity index (χ0) is 15.1. The van der Waals surface area contributed by atoms with Crippen molar-refractivity contribution in [1.82, 2.24) is 0 Å². The number of aliphatic imine (C=N–C) groups is 1. The zero-order valence-corrected chi connectivity index (χ0v) is 13.3. The topological polar surface area (TPSA) is 67.8 Å². The third-order valence-electron chi connectivity index (χ3n) is 4.69. The summed E-state index contributed by atoms with van der Waals surface area (Å²) in [6.07, 6.45) is 10.1. The quantitative estimate of drug-likeness (QED) is 0.739. The first kappa shape index (κ1) is 16.5. The molecule has 120 valence electrons. The first-order chi connectivity index (χ1) is 10.2. The second-order valence-corrected chi connectivity index (χ2v) is 6.22. The van der Waals surface area contributed by atoms with Crippen molar-refractivity contribution in [3.63, 3.8) is 0 Å². The lowest BCUT2D eigenvalue weighted by Crippen LogP contribution is -2.24. The Morgan fingerprint density at radius 1 is 1.29 bits per heavy atom. The van der Waals surface area contributed by atoms with E-state index in [1.807, 2.05) is 6.92 Å². The number of rotatable bonds is 6. The normalized spacial score (nSPS) is 26.3. The van der Waals surface area contributed by atoms with Crippen LogP contribution in [0.1, 0.15) is 64.7 Å². The van der Waals surface area contributed by atoms with E-state index < -0.39 is 6.29 Å². The van der Waals surface area contributed by atoms with E-state index in [1.54, 1.807) is 0 Å². The average Bonchev–Trinajstić information content (AvgIpc) is 2.96. The van der Waals surface area contributed by atoms with Crippen molar-refractivity contribution in [2.75, 3.05) is 13.2 Å². The van der Waals surface area contributed by atoms with Gasteiger partial charge in [-0.3, -0.25) is 4.99 Å². The minimum absolute atomic E-state index is 0.462. The molecule has 21 heavy (non-hydrogen) atoms. The molecule has 2 saturated carbocycles. The molecule has 1 atom stereocenters. The van der Waals surface area contributed by atoms with Gasteiger partial charge in [0.1, 0.15) is 0 Å². The largest absolute Gasteiger partial charge is 0.398 e. The Labute approximate surface area is 128 Å². The van der Waals surface area contributed by atoms with Gasteiger partial charge in [-0.1, -0.05) is 32.1 Å². The summed E-state index contributed by atoms with van der Waals surface area (Å²) < 4.78 is 5.18. The van der Waals surface area contributed by atoms with Gasteiger partial charge in [-0.05, 0) is 44.1 Å². The molecule has 0 aromatic heterocycles. The molecule has 2 fully saturated rings. The SMILES string of the molecule is CCOC(O)/C(N)=C1\CCCC1=NCCC1CCCCC1. The highest BCUT2D eigenvalue weighted by molar-refractivity contribution is 6.02. The van der Waals surface area contributed by atoms with Crippen molar-refractivity contribution in [1.29, 1.82) is 0 Å². The molecule has 3 N–H and O–H groups in total. The van der Waals surface area contributed by atoms with Gasteiger partial charge in [-0.25, -0.2) is 0 Å². The molecule has 1 unspecified atom stereocenters. The maximum Gasteiger partial charge on any atom is 0.196 e. The highest BCUT2D eigenvalue weighted by Gasteiger charge is 2.22. The van der Waals surface area contributed by atoms with Gasteiger partial charge in [0, 0.05) is 18.9 Å². The number of allylic oxidation sites excluding steroid dienone is 1. The predicted molar refractivity (Wildman–Crippen MR) is 86.2 cm³/mol. The summed E-state index contributed by atoms with van der Waals surface area (Å²) in [6.45, 7) is 3.22. The fourth-order valence-corrected chi connectivity index (χ4v) is 3.47. The molecule has 0 spiro atoms. The molecule has 0 aliphatic heterocycles. The monoisotopic (exact) mass is 294 g/mol. The summed E-state index contributed by atoms with van der Waals surface area (Å²) in [5.74, 6) is 0.864. The van der Waals surface area contributed by atoms with Crippen molar-refractivity contribution < 1.29 is 9.84 Å². The Morgan fingerprint density at radius 2 is 2.05 bits per heavy atom. The third-order valence-corrected chi connectivity index (χ3v) is 4.69. The van der Waals surface area contributed by atoms with Crippen LogP contribution in [0, 0.1) is 5.92 Å². The Bertz CT molecular complexity index is 384. The second-order valence-electron chi connectivity index (χ2n) is 6.22. The molecular formula is C17H30N2O2. The minimum Gasteiger partial charge on any atom is -0.398 e. The summed E-state index contributed by atoms with van der Waals surface area (Å²) in [4.78, 5) is 4.77. The second kappa shape index (κ2) is 8.54. The lowest BCUT2D eigenvalue weighted by molar-refractivity contribution is -0.0683. The Morgan fingerprint density at radius 3 is 2.76 bits per heavy atom. The van der Waals surface area contributed by atoms with Crippen LogP contribution in [0.3, 0.4) is 0 Å².